The van der Waals surface area contributed by atoms with Crippen LogP contribution in [-0.4, -0.2) is 15.9 Å². The summed E-state index contributed by atoms with van der Waals surface area (Å²) in [5.41, 5.74) is 6.10. The third kappa shape index (κ3) is 2.94. The van der Waals surface area contributed by atoms with Crippen molar-refractivity contribution in [2.75, 3.05) is 11.1 Å². The lowest BCUT2D eigenvalue weighted by atomic mass is 10.3. The molecular formula is C12H12N4O2. The summed E-state index contributed by atoms with van der Waals surface area (Å²) in [6.45, 7) is 1.43. The molecule has 0 bridgehead atoms. The Labute approximate surface area is 104 Å². The van der Waals surface area contributed by atoms with Crippen LogP contribution in [0.4, 0.5) is 11.5 Å². The van der Waals surface area contributed by atoms with Crippen molar-refractivity contribution in [2.24, 2.45) is 0 Å². The predicted molar refractivity (Wildman–Crippen MR) is 67.3 cm³/mol. The fourth-order valence-corrected chi connectivity index (χ4v) is 1.37. The smallest absolute Gasteiger partial charge is 0.224 e. The normalized spacial score (nSPS) is 9.83. The Hall–Kier alpha value is -2.63. The molecule has 0 aliphatic rings. The molecule has 0 spiro atoms. The molecule has 0 atom stereocenters. The lowest BCUT2D eigenvalue weighted by Gasteiger charge is -2.10. The van der Waals surface area contributed by atoms with Crippen molar-refractivity contribution < 1.29 is 9.53 Å². The van der Waals surface area contributed by atoms with Crippen molar-refractivity contribution in [3.05, 3.63) is 36.7 Å². The molecule has 1 heterocycles. The number of hydrogen-bond acceptors (Lipinski definition) is 5. The van der Waals surface area contributed by atoms with E-state index in [9.17, 15) is 4.79 Å². The van der Waals surface area contributed by atoms with E-state index in [0.717, 1.165) is 0 Å². The first-order chi connectivity index (χ1) is 8.65. The Morgan fingerprint density at radius 2 is 2.11 bits per heavy atom. The van der Waals surface area contributed by atoms with Crippen molar-refractivity contribution in [3.8, 4) is 11.6 Å². The first-order valence-electron chi connectivity index (χ1n) is 5.27. The molecule has 0 aliphatic carbocycles. The van der Waals surface area contributed by atoms with E-state index < -0.39 is 0 Å². The number of nitrogen functional groups attached to an aromatic ring is 1. The number of amides is 1. The minimum Gasteiger partial charge on any atom is -0.437 e. The molecule has 6 nitrogen and oxygen atoms in total. The molecule has 6 heteroatoms. The van der Waals surface area contributed by atoms with Gasteiger partial charge in [0.25, 0.3) is 0 Å². The molecule has 1 amide bonds. The summed E-state index contributed by atoms with van der Waals surface area (Å²) in [6.07, 6.45) is 1.31. The number of ether oxygens (including phenoxy) is 1. The zero-order valence-corrected chi connectivity index (χ0v) is 9.75. The number of anilines is 2. The molecule has 0 radical (unpaired) electrons. The molecule has 0 saturated heterocycles. The zero-order valence-electron chi connectivity index (χ0n) is 9.75. The van der Waals surface area contributed by atoms with Gasteiger partial charge in [0, 0.05) is 13.0 Å². The van der Waals surface area contributed by atoms with Crippen LogP contribution in [0.2, 0.25) is 0 Å². The molecule has 92 valence electrons. The molecule has 0 fully saturated rings. The highest BCUT2D eigenvalue weighted by Crippen LogP contribution is 2.28. The zero-order chi connectivity index (χ0) is 13.0. The van der Waals surface area contributed by atoms with Gasteiger partial charge in [-0.15, -0.1) is 0 Å². The maximum atomic E-state index is 11.1. The average Bonchev–Trinajstić information content (AvgIpc) is 2.31. The summed E-state index contributed by atoms with van der Waals surface area (Å²) in [5, 5.41) is 2.67. The van der Waals surface area contributed by atoms with E-state index in [1.54, 1.807) is 24.3 Å². The summed E-state index contributed by atoms with van der Waals surface area (Å²) >= 11 is 0. The maximum absolute atomic E-state index is 11.1. The number of nitrogens with two attached hydrogens (primary N) is 1. The Kier molecular flexibility index (Phi) is 3.38. The van der Waals surface area contributed by atoms with Crippen LogP contribution in [0.15, 0.2) is 36.7 Å². The van der Waals surface area contributed by atoms with Crippen LogP contribution in [0, 0.1) is 0 Å². The number of nitrogens with zero attached hydrogens (tertiary/aromatic N) is 2. The molecule has 1 aromatic heterocycles. The third-order valence-electron chi connectivity index (χ3n) is 2.08. The van der Waals surface area contributed by atoms with Gasteiger partial charge in [0.2, 0.25) is 11.8 Å². The Morgan fingerprint density at radius 1 is 1.33 bits per heavy atom. The van der Waals surface area contributed by atoms with Crippen LogP contribution >= 0.6 is 0 Å². The highest BCUT2D eigenvalue weighted by atomic mass is 16.5. The van der Waals surface area contributed by atoms with E-state index in [1.165, 1.54) is 19.3 Å². The van der Waals surface area contributed by atoms with Gasteiger partial charge in [-0.1, -0.05) is 12.1 Å². The second kappa shape index (κ2) is 5.13. The highest BCUT2D eigenvalue weighted by molar-refractivity contribution is 5.90. The average molecular weight is 244 g/mol. The van der Waals surface area contributed by atoms with E-state index in [2.05, 4.69) is 15.3 Å². The van der Waals surface area contributed by atoms with Crippen molar-refractivity contribution in [3.63, 3.8) is 0 Å². The quantitative estimate of drug-likeness (QED) is 0.859. The minimum atomic E-state index is -0.173. The van der Waals surface area contributed by atoms with Gasteiger partial charge >= 0.3 is 0 Å². The van der Waals surface area contributed by atoms with Crippen LogP contribution in [0.3, 0.4) is 0 Å². The van der Waals surface area contributed by atoms with E-state index in [0.29, 0.717) is 23.1 Å². The predicted octanol–water partition coefficient (Wildman–Crippen LogP) is 1.81. The monoisotopic (exact) mass is 244 g/mol. The molecule has 3 N–H and O–H groups in total. The van der Waals surface area contributed by atoms with Crippen LogP contribution in [0.5, 0.6) is 11.6 Å². The topological polar surface area (TPSA) is 90.1 Å². The largest absolute Gasteiger partial charge is 0.437 e. The number of rotatable bonds is 3. The van der Waals surface area contributed by atoms with Gasteiger partial charge in [0.05, 0.1) is 5.69 Å². The SMILES string of the molecule is CC(=O)Nc1ccccc1Oc1cc(N)ncn1. The summed E-state index contributed by atoms with van der Waals surface area (Å²) in [6, 6.07) is 8.56. The van der Waals surface area contributed by atoms with Crippen LogP contribution < -0.4 is 15.8 Å². The van der Waals surface area contributed by atoms with Crippen molar-refractivity contribution in [1.29, 1.82) is 0 Å². The number of nitrogens with one attached hydrogen (secondary N) is 1. The number of carbonyl (C=O) groups excluding carboxylic acids is 1. The number of benzene rings is 1. The van der Waals surface area contributed by atoms with Gasteiger partial charge in [-0.05, 0) is 12.1 Å². The second-order valence-electron chi connectivity index (χ2n) is 3.56. The van der Waals surface area contributed by atoms with Crippen LogP contribution in [-0.2, 0) is 4.79 Å². The Morgan fingerprint density at radius 3 is 2.83 bits per heavy atom. The summed E-state index contributed by atoms with van der Waals surface area (Å²) in [5.74, 6) is 0.955. The van der Waals surface area contributed by atoms with Gasteiger partial charge in [-0.2, -0.15) is 0 Å². The van der Waals surface area contributed by atoms with E-state index in [-0.39, 0.29) is 5.91 Å². The van der Waals surface area contributed by atoms with Crippen molar-refractivity contribution >= 4 is 17.4 Å². The number of hydrogen-bond donors (Lipinski definition) is 2. The summed E-state index contributed by atoms with van der Waals surface area (Å²) in [7, 11) is 0. The maximum Gasteiger partial charge on any atom is 0.224 e. The fourth-order valence-electron chi connectivity index (χ4n) is 1.37. The molecular weight excluding hydrogens is 232 g/mol. The van der Waals surface area contributed by atoms with Crippen LogP contribution in [0.1, 0.15) is 6.92 Å². The van der Waals surface area contributed by atoms with Gasteiger partial charge in [0.15, 0.2) is 5.75 Å². The molecule has 18 heavy (non-hydrogen) atoms. The van der Waals surface area contributed by atoms with Gasteiger partial charge < -0.3 is 15.8 Å². The number of aromatic nitrogens is 2. The van der Waals surface area contributed by atoms with E-state index >= 15 is 0 Å². The fraction of sp³-hybridized carbons (Fsp3) is 0.0833. The van der Waals surface area contributed by atoms with Gasteiger partial charge in [-0.25, -0.2) is 9.97 Å². The number of carbonyl (C=O) groups is 1. The molecule has 0 saturated carbocycles. The summed E-state index contributed by atoms with van der Waals surface area (Å²) < 4.78 is 5.55. The lowest BCUT2D eigenvalue weighted by Crippen LogP contribution is -2.07. The molecule has 0 unspecified atom stereocenters. The van der Waals surface area contributed by atoms with Gasteiger partial charge in [0.1, 0.15) is 12.1 Å². The molecule has 0 aliphatic heterocycles. The summed E-state index contributed by atoms with van der Waals surface area (Å²) in [4.78, 5) is 18.8. The van der Waals surface area contributed by atoms with Gasteiger partial charge in [-0.3, -0.25) is 4.79 Å². The Balaban J connectivity index is 2.26. The molecule has 2 aromatic rings. The van der Waals surface area contributed by atoms with Crippen LogP contribution in [0.25, 0.3) is 0 Å². The highest BCUT2D eigenvalue weighted by Gasteiger charge is 2.06. The third-order valence-corrected chi connectivity index (χ3v) is 2.08. The molecule has 2 rings (SSSR count). The van der Waals surface area contributed by atoms with E-state index in [4.69, 9.17) is 10.5 Å². The number of para-hydroxylation sites is 2. The van der Waals surface area contributed by atoms with Crippen molar-refractivity contribution in [2.45, 2.75) is 6.92 Å². The first kappa shape index (κ1) is 11.8. The van der Waals surface area contributed by atoms with E-state index in [1.807, 2.05) is 0 Å². The standard InChI is InChI=1S/C12H12N4O2/c1-8(17)16-9-4-2-3-5-10(9)18-12-6-11(13)14-7-15-12/h2-7H,1H3,(H,16,17)(H2,13,14,15). The second-order valence-corrected chi connectivity index (χ2v) is 3.56. The minimum absolute atomic E-state index is 0.173. The Bertz CT molecular complexity index is 572. The molecule has 1 aromatic carbocycles. The van der Waals surface area contributed by atoms with Crippen molar-refractivity contribution in [1.82, 2.24) is 9.97 Å². The lowest BCUT2D eigenvalue weighted by molar-refractivity contribution is -0.114. The first-order valence-corrected chi connectivity index (χ1v) is 5.27.